The zero-order valence-electron chi connectivity index (χ0n) is 10.1. The lowest BCUT2D eigenvalue weighted by molar-refractivity contribution is 0.127. The van der Waals surface area contributed by atoms with Crippen molar-refractivity contribution >= 4 is 28.4 Å². The molecule has 1 aromatic carbocycles. The van der Waals surface area contributed by atoms with Crippen LogP contribution in [-0.4, -0.2) is 16.7 Å². The average Bonchev–Trinajstić information content (AvgIpc) is 2.40. The van der Waals surface area contributed by atoms with Crippen molar-refractivity contribution < 1.29 is 4.74 Å². The van der Waals surface area contributed by atoms with E-state index in [1.165, 1.54) is 36.6 Å². The largest absolute Gasteiger partial charge is 0.475 e. The monoisotopic (exact) mass is 266 g/mol. The average molecular weight is 266 g/mol. The number of thiocarbonyl (C=S) groups is 1. The number of rotatable bonds is 2. The van der Waals surface area contributed by atoms with Gasteiger partial charge in [-0.3, -0.25) is 0 Å². The zero-order valence-corrected chi connectivity index (χ0v) is 11.7. The summed E-state index contributed by atoms with van der Waals surface area (Å²) < 4.78 is 6.58. The van der Waals surface area contributed by atoms with Gasteiger partial charge in [-0.15, -0.1) is 0 Å². The van der Waals surface area contributed by atoms with Crippen molar-refractivity contribution in [3.63, 3.8) is 0 Å². The fraction of sp³-hybridized carbons (Fsp3) is 0.500. The highest BCUT2D eigenvalue weighted by atomic mass is 32.2. The molecule has 1 aliphatic carbocycles. The van der Waals surface area contributed by atoms with E-state index in [4.69, 9.17) is 17.0 Å². The molecule has 3 heteroatoms. The predicted octanol–water partition coefficient (Wildman–Crippen LogP) is 4.38. The summed E-state index contributed by atoms with van der Waals surface area (Å²) in [6.07, 6.45) is 7.14. The topological polar surface area (TPSA) is 9.23 Å². The van der Waals surface area contributed by atoms with Crippen molar-refractivity contribution in [1.82, 2.24) is 0 Å². The maximum absolute atomic E-state index is 5.90. The van der Waals surface area contributed by atoms with Crippen molar-refractivity contribution in [2.75, 3.05) is 6.26 Å². The second-order valence-electron chi connectivity index (χ2n) is 4.41. The Balaban J connectivity index is 2.09. The van der Waals surface area contributed by atoms with E-state index >= 15 is 0 Å². The van der Waals surface area contributed by atoms with Crippen LogP contribution < -0.4 is 0 Å². The van der Waals surface area contributed by atoms with Gasteiger partial charge in [0.2, 0.25) is 4.38 Å². The molecule has 0 amide bonds. The lowest BCUT2D eigenvalue weighted by atomic mass is 9.82. The summed E-state index contributed by atoms with van der Waals surface area (Å²) in [6.45, 7) is 0. The first-order valence-corrected chi connectivity index (χ1v) is 7.74. The van der Waals surface area contributed by atoms with Crippen molar-refractivity contribution in [1.29, 1.82) is 0 Å². The molecule has 0 radical (unpaired) electrons. The molecule has 92 valence electrons. The van der Waals surface area contributed by atoms with E-state index in [1.54, 1.807) is 0 Å². The molecule has 1 aliphatic rings. The first kappa shape index (κ1) is 12.9. The predicted molar refractivity (Wildman–Crippen MR) is 78.6 cm³/mol. The van der Waals surface area contributed by atoms with Crippen LogP contribution in [0.4, 0.5) is 0 Å². The Morgan fingerprint density at radius 3 is 2.65 bits per heavy atom. The van der Waals surface area contributed by atoms with E-state index in [-0.39, 0.29) is 6.10 Å². The van der Waals surface area contributed by atoms with Crippen LogP contribution in [0.5, 0.6) is 0 Å². The first-order valence-electron chi connectivity index (χ1n) is 6.11. The molecule has 2 atom stereocenters. The normalized spacial score (nSPS) is 24.3. The van der Waals surface area contributed by atoms with Gasteiger partial charge < -0.3 is 4.74 Å². The third kappa shape index (κ3) is 3.46. The summed E-state index contributed by atoms with van der Waals surface area (Å²) in [6, 6.07) is 10.7. The molecule has 0 saturated heterocycles. The van der Waals surface area contributed by atoms with Crippen molar-refractivity contribution in [3.8, 4) is 0 Å². The molecule has 17 heavy (non-hydrogen) atoms. The van der Waals surface area contributed by atoms with Crippen LogP contribution in [0.25, 0.3) is 0 Å². The van der Waals surface area contributed by atoms with Crippen molar-refractivity contribution in [2.24, 2.45) is 0 Å². The summed E-state index contributed by atoms with van der Waals surface area (Å²) in [4.78, 5) is 0. The molecule has 0 aliphatic heterocycles. The highest BCUT2D eigenvalue weighted by Crippen LogP contribution is 2.35. The Hall–Kier alpha value is -0.540. The summed E-state index contributed by atoms with van der Waals surface area (Å²) in [7, 11) is 0. The molecule has 1 fully saturated rings. The molecule has 1 nitrogen and oxygen atoms in total. The van der Waals surface area contributed by atoms with E-state index in [0.29, 0.717) is 10.3 Å². The summed E-state index contributed by atoms with van der Waals surface area (Å²) in [5.74, 6) is 0.509. The summed E-state index contributed by atoms with van der Waals surface area (Å²) in [5, 5.41) is 0. The van der Waals surface area contributed by atoms with Crippen LogP contribution in [0.1, 0.15) is 37.2 Å². The van der Waals surface area contributed by atoms with Gasteiger partial charge in [0.25, 0.3) is 0 Å². The van der Waals surface area contributed by atoms with E-state index in [2.05, 4.69) is 30.3 Å². The maximum atomic E-state index is 5.90. The maximum Gasteiger partial charge on any atom is 0.219 e. The van der Waals surface area contributed by atoms with Crippen LogP contribution in [-0.2, 0) is 4.74 Å². The minimum Gasteiger partial charge on any atom is -0.475 e. The van der Waals surface area contributed by atoms with Gasteiger partial charge in [0, 0.05) is 5.92 Å². The molecule has 0 unspecified atom stereocenters. The van der Waals surface area contributed by atoms with Gasteiger partial charge in [-0.1, -0.05) is 48.5 Å². The van der Waals surface area contributed by atoms with Gasteiger partial charge >= 0.3 is 0 Å². The van der Waals surface area contributed by atoms with Gasteiger partial charge in [-0.05, 0) is 43.3 Å². The van der Waals surface area contributed by atoms with E-state index in [1.807, 2.05) is 6.26 Å². The van der Waals surface area contributed by atoms with Gasteiger partial charge in [0.1, 0.15) is 6.10 Å². The lowest BCUT2D eigenvalue weighted by Crippen LogP contribution is -2.27. The Kier molecular flexibility index (Phi) is 4.86. The Labute approximate surface area is 113 Å². The first-order chi connectivity index (χ1) is 8.31. The Morgan fingerprint density at radius 2 is 1.94 bits per heavy atom. The summed E-state index contributed by atoms with van der Waals surface area (Å²) >= 11 is 6.70. The number of ether oxygens (including phenoxy) is 1. The Morgan fingerprint density at radius 1 is 1.24 bits per heavy atom. The standard InChI is InChI=1S/C14H18OS2/c1-17-14(16)15-13-10-6-5-9-12(13)11-7-3-2-4-8-11/h2-4,7-8,12-13H,5-6,9-10H2,1H3/t12-,13+/m0/s1. The summed E-state index contributed by atoms with van der Waals surface area (Å²) in [5.41, 5.74) is 1.39. The molecular weight excluding hydrogens is 248 g/mol. The number of thioether (sulfide) groups is 1. The van der Waals surface area contributed by atoms with E-state index in [0.717, 1.165) is 6.42 Å². The van der Waals surface area contributed by atoms with Gasteiger partial charge in [-0.2, -0.15) is 0 Å². The molecule has 1 saturated carbocycles. The number of hydrogen-bond donors (Lipinski definition) is 0. The Bertz CT molecular complexity index is 364. The second-order valence-corrected chi connectivity index (χ2v) is 5.82. The smallest absolute Gasteiger partial charge is 0.219 e. The highest BCUT2D eigenvalue weighted by Gasteiger charge is 2.28. The van der Waals surface area contributed by atoms with Gasteiger partial charge in [-0.25, -0.2) is 0 Å². The van der Waals surface area contributed by atoms with Gasteiger partial charge in [0.05, 0.1) is 0 Å². The quantitative estimate of drug-likeness (QED) is 0.735. The molecule has 0 aromatic heterocycles. The van der Waals surface area contributed by atoms with Crippen LogP contribution in [0.15, 0.2) is 30.3 Å². The van der Waals surface area contributed by atoms with Crippen molar-refractivity contribution in [3.05, 3.63) is 35.9 Å². The molecule has 1 aromatic rings. The third-order valence-corrected chi connectivity index (χ3v) is 4.37. The van der Waals surface area contributed by atoms with Gasteiger partial charge in [0.15, 0.2) is 0 Å². The van der Waals surface area contributed by atoms with Crippen LogP contribution in [0.2, 0.25) is 0 Å². The lowest BCUT2D eigenvalue weighted by Gasteiger charge is -2.32. The van der Waals surface area contributed by atoms with Crippen LogP contribution in [0, 0.1) is 0 Å². The molecule has 0 heterocycles. The van der Waals surface area contributed by atoms with Crippen LogP contribution in [0.3, 0.4) is 0 Å². The second kappa shape index (κ2) is 6.41. The van der Waals surface area contributed by atoms with E-state index < -0.39 is 0 Å². The fourth-order valence-electron chi connectivity index (χ4n) is 2.49. The fourth-order valence-corrected chi connectivity index (χ4v) is 2.83. The molecule has 0 N–H and O–H groups in total. The van der Waals surface area contributed by atoms with E-state index in [9.17, 15) is 0 Å². The highest BCUT2D eigenvalue weighted by molar-refractivity contribution is 8.22. The molecular formula is C14H18OS2. The van der Waals surface area contributed by atoms with Crippen LogP contribution >= 0.6 is 24.0 Å². The zero-order chi connectivity index (χ0) is 12.1. The molecule has 0 bridgehead atoms. The molecule has 2 rings (SSSR count). The number of hydrogen-bond acceptors (Lipinski definition) is 3. The number of benzene rings is 1. The molecule has 0 spiro atoms. The minimum atomic E-state index is 0.270. The third-order valence-electron chi connectivity index (χ3n) is 3.34. The SMILES string of the molecule is CSC(=S)O[C@@H]1CCCC[C@H]1c1ccccc1. The van der Waals surface area contributed by atoms with Crippen molar-refractivity contribution in [2.45, 2.75) is 37.7 Å². The minimum absolute atomic E-state index is 0.270.